The number of rotatable bonds is 4. The molecular formula is C14H23NS. The molecule has 1 aliphatic carbocycles. The lowest BCUT2D eigenvalue weighted by Crippen LogP contribution is -2.40. The fourth-order valence-electron chi connectivity index (χ4n) is 2.65. The topological polar surface area (TPSA) is 12.0 Å². The Hall–Kier alpha value is -0.340. The van der Waals surface area contributed by atoms with Crippen molar-refractivity contribution in [2.75, 3.05) is 6.54 Å². The molecule has 0 amide bonds. The van der Waals surface area contributed by atoms with E-state index in [9.17, 15) is 0 Å². The monoisotopic (exact) mass is 237 g/mol. The molecule has 0 aromatic carbocycles. The lowest BCUT2D eigenvalue weighted by molar-refractivity contribution is 0.230. The predicted octanol–water partition coefficient (Wildman–Crippen LogP) is 3.70. The summed E-state index contributed by atoms with van der Waals surface area (Å²) in [7, 11) is 0. The summed E-state index contributed by atoms with van der Waals surface area (Å²) in [5.41, 5.74) is 0. The standard InChI is InChI=1S/C14H23NS/c1-11-5-6-12(2)14(10-11)15-8-7-13-4-3-9-16-13/h3-4,9,11-12,14-15H,5-8,10H2,1-2H3. The molecule has 3 atom stereocenters. The van der Waals surface area contributed by atoms with Crippen LogP contribution in [0.5, 0.6) is 0 Å². The highest BCUT2D eigenvalue weighted by Gasteiger charge is 2.24. The molecule has 3 unspecified atom stereocenters. The van der Waals surface area contributed by atoms with E-state index in [2.05, 4.69) is 36.7 Å². The summed E-state index contributed by atoms with van der Waals surface area (Å²) in [5.74, 6) is 1.77. The Morgan fingerprint density at radius 3 is 3.00 bits per heavy atom. The van der Waals surface area contributed by atoms with Gasteiger partial charge in [0, 0.05) is 17.5 Å². The Kier molecular flexibility index (Phi) is 4.42. The summed E-state index contributed by atoms with van der Waals surface area (Å²) < 4.78 is 0. The van der Waals surface area contributed by atoms with Gasteiger partial charge in [0.1, 0.15) is 0 Å². The third kappa shape index (κ3) is 3.33. The summed E-state index contributed by atoms with van der Waals surface area (Å²) >= 11 is 1.87. The van der Waals surface area contributed by atoms with Crippen LogP contribution in [-0.4, -0.2) is 12.6 Å². The molecule has 0 bridgehead atoms. The van der Waals surface area contributed by atoms with E-state index in [1.807, 2.05) is 11.3 Å². The number of hydrogen-bond acceptors (Lipinski definition) is 2. The number of nitrogens with one attached hydrogen (secondary N) is 1. The minimum atomic E-state index is 0.753. The van der Waals surface area contributed by atoms with E-state index in [4.69, 9.17) is 0 Å². The maximum Gasteiger partial charge on any atom is 0.00953 e. The van der Waals surface area contributed by atoms with Crippen LogP contribution in [0.2, 0.25) is 0 Å². The third-order valence-electron chi connectivity index (χ3n) is 3.82. The third-order valence-corrected chi connectivity index (χ3v) is 4.75. The quantitative estimate of drug-likeness (QED) is 0.842. The summed E-state index contributed by atoms with van der Waals surface area (Å²) in [4.78, 5) is 1.50. The highest BCUT2D eigenvalue weighted by molar-refractivity contribution is 7.09. The molecule has 0 saturated heterocycles. The minimum Gasteiger partial charge on any atom is -0.313 e. The SMILES string of the molecule is CC1CCC(C)C(NCCc2cccs2)C1. The van der Waals surface area contributed by atoms with Gasteiger partial charge >= 0.3 is 0 Å². The Morgan fingerprint density at radius 2 is 2.25 bits per heavy atom. The molecule has 16 heavy (non-hydrogen) atoms. The van der Waals surface area contributed by atoms with E-state index < -0.39 is 0 Å². The zero-order valence-corrected chi connectivity index (χ0v) is 11.2. The lowest BCUT2D eigenvalue weighted by atomic mass is 9.80. The van der Waals surface area contributed by atoms with E-state index >= 15 is 0 Å². The summed E-state index contributed by atoms with van der Waals surface area (Å²) in [6.07, 6.45) is 5.38. The average molecular weight is 237 g/mol. The predicted molar refractivity (Wildman–Crippen MR) is 72.0 cm³/mol. The van der Waals surface area contributed by atoms with Gasteiger partial charge in [-0.2, -0.15) is 0 Å². The van der Waals surface area contributed by atoms with E-state index in [1.54, 1.807) is 0 Å². The van der Waals surface area contributed by atoms with Gasteiger partial charge in [0.2, 0.25) is 0 Å². The first kappa shape index (κ1) is 12.1. The van der Waals surface area contributed by atoms with Crippen LogP contribution in [0, 0.1) is 11.8 Å². The molecule has 0 radical (unpaired) electrons. The summed E-state index contributed by atoms with van der Waals surface area (Å²) in [6, 6.07) is 5.13. The Morgan fingerprint density at radius 1 is 1.38 bits per heavy atom. The molecule has 2 heteroatoms. The fraction of sp³-hybridized carbons (Fsp3) is 0.714. The van der Waals surface area contributed by atoms with Gasteiger partial charge in [-0.3, -0.25) is 0 Å². The van der Waals surface area contributed by atoms with Gasteiger partial charge < -0.3 is 5.32 Å². The Balaban J connectivity index is 1.72. The first-order valence-corrected chi connectivity index (χ1v) is 7.39. The first-order chi connectivity index (χ1) is 7.75. The van der Waals surface area contributed by atoms with E-state index in [-0.39, 0.29) is 0 Å². The van der Waals surface area contributed by atoms with Crippen LogP contribution in [0.25, 0.3) is 0 Å². The van der Waals surface area contributed by atoms with Crippen LogP contribution in [0.3, 0.4) is 0 Å². The highest BCUT2D eigenvalue weighted by atomic mass is 32.1. The fourth-order valence-corrected chi connectivity index (χ4v) is 3.36. The van der Waals surface area contributed by atoms with Crippen LogP contribution in [-0.2, 0) is 6.42 Å². The maximum atomic E-state index is 3.75. The van der Waals surface area contributed by atoms with E-state index in [0.29, 0.717) is 0 Å². The zero-order chi connectivity index (χ0) is 11.4. The maximum absolute atomic E-state index is 3.75. The van der Waals surface area contributed by atoms with Gasteiger partial charge in [0.05, 0.1) is 0 Å². The molecule has 1 nitrogen and oxygen atoms in total. The van der Waals surface area contributed by atoms with Crippen molar-refractivity contribution >= 4 is 11.3 Å². The molecule has 0 spiro atoms. The van der Waals surface area contributed by atoms with Crippen LogP contribution < -0.4 is 5.32 Å². The van der Waals surface area contributed by atoms with Gasteiger partial charge in [0.15, 0.2) is 0 Å². The van der Waals surface area contributed by atoms with Crippen molar-refractivity contribution in [3.63, 3.8) is 0 Å². The van der Waals surface area contributed by atoms with Crippen molar-refractivity contribution in [2.45, 2.75) is 45.6 Å². The van der Waals surface area contributed by atoms with Gasteiger partial charge in [-0.25, -0.2) is 0 Å². The van der Waals surface area contributed by atoms with Gasteiger partial charge in [-0.1, -0.05) is 26.3 Å². The summed E-state index contributed by atoms with van der Waals surface area (Å²) in [5, 5.41) is 5.91. The van der Waals surface area contributed by atoms with Crippen LogP contribution >= 0.6 is 11.3 Å². The Labute approximate surface area is 103 Å². The molecule has 1 aliphatic rings. The largest absolute Gasteiger partial charge is 0.313 e. The van der Waals surface area contributed by atoms with Gasteiger partial charge in [-0.15, -0.1) is 11.3 Å². The summed E-state index contributed by atoms with van der Waals surface area (Å²) in [6.45, 7) is 5.93. The van der Waals surface area contributed by atoms with Crippen LogP contribution in [0.1, 0.15) is 38.0 Å². The van der Waals surface area contributed by atoms with Crippen molar-refractivity contribution in [1.82, 2.24) is 5.32 Å². The van der Waals surface area contributed by atoms with E-state index in [0.717, 1.165) is 24.4 Å². The van der Waals surface area contributed by atoms with Crippen LogP contribution in [0.4, 0.5) is 0 Å². The second kappa shape index (κ2) is 5.83. The second-order valence-electron chi connectivity index (χ2n) is 5.29. The number of hydrogen-bond donors (Lipinski definition) is 1. The van der Waals surface area contributed by atoms with Crippen molar-refractivity contribution in [3.05, 3.63) is 22.4 Å². The molecule has 1 N–H and O–H groups in total. The minimum absolute atomic E-state index is 0.753. The molecule has 1 aromatic heterocycles. The molecular weight excluding hydrogens is 214 g/mol. The molecule has 2 rings (SSSR count). The normalized spacial score (nSPS) is 30.5. The smallest absolute Gasteiger partial charge is 0.00953 e. The van der Waals surface area contributed by atoms with Crippen LogP contribution in [0.15, 0.2) is 17.5 Å². The molecule has 1 aromatic rings. The molecule has 90 valence electrons. The van der Waals surface area contributed by atoms with Gasteiger partial charge in [0.25, 0.3) is 0 Å². The zero-order valence-electron chi connectivity index (χ0n) is 10.4. The molecule has 1 fully saturated rings. The second-order valence-corrected chi connectivity index (χ2v) is 6.32. The Bertz CT molecular complexity index is 294. The lowest BCUT2D eigenvalue weighted by Gasteiger charge is -2.33. The molecule has 0 aliphatic heterocycles. The molecule has 1 heterocycles. The highest BCUT2D eigenvalue weighted by Crippen LogP contribution is 2.28. The van der Waals surface area contributed by atoms with E-state index in [1.165, 1.54) is 30.6 Å². The average Bonchev–Trinajstić information content (AvgIpc) is 2.76. The van der Waals surface area contributed by atoms with Crippen molar-refractivity contribution in [3.8, 4) is 0 Å². The van der Waals surface area contributed by atoms with Crippen molar-refractivity contribution < 1.29 is 0 Å². The van der Waals surface area contributed by atoms with Crippen molar-refractivity contribution in [1.29, 1.82) is 0 Å². The van der Waals surface area contributed by atoms with Gasteiger partial charge in [-0.05, 0) is 42.5 Å². The number of thiophene rings is 1. The van der Waals surface area contributed by atoms with Crippen molar-refractivity contribution in [2.24, 2.45) is 11.8 Å². The molecule has 1 saturated carbocycles. The first-order valence-electron chi connectivity index (χ1n) is 6.51.